The van der Waals surface area contributed by atoms with Crippen molar-refractivity contribution in [1.82, 2.24) is 30.2 Å². The Morgan fingerprint density at radius 2 is 1.10 bits per heavy atom. The molecule has 0 aliphatic carbocycles. The number of hydrogen-bond acceptors (Lipinski definition) is 8. The summed E-state index contributed by atoms with van der Waals surface area (Å²) >= 11 is 3.43. The fourth-order valence-electron chi connectivity index (χ4n) is 7.23. The Labute approximate surface area is 415 Å². The third-order valence-corrected chi connectivity index (χ3v) is 11.3. The quantitative estimate of drug-likeness (QED) is 0.0696. The summed E-state index contributed by atoms with van der Waals surface area (Å²) in [4.78, 5) is 29.1. The molecule has 21 heteroatoms. The van der Waals surface area contributed by atoms with Crippen molar-refractivity contribution in [2.75, 3.05) is 27.3 Å². The number of halogens is 7. The van der Waals surface area contributed by atoms with Crippen LogP contribution in [0.2, 0.25) is 0 Å². The number of aromatic amines is 2. The molecule has 2 aromatic heterocycles. The van der Waals surface area contributed by atoms with E-state index >= 15 is 0 Å². The first-order chi connectivity index (χ1) is 33.3. The first-order valence-electron chi connectivity index (χ1n) is 21.5. The first-order valence-corrected chi connectivity index (χ1v) is 22.3. The number of carbonyl (C=O) groups is 2. The zero-order chi connectivity index (χ0) is 50.8. The van der Waals surface area contributed by atoms with Crippen molar-refractivity contribution < 1.29 is 55.5 Å². The Bertz CT molecular complexity index is 3080. The molecule has 3 radical (unpaired) electrons. The molecule has 367 valence electrons. The maximum Gasteiger partial charge on any atom is 0.488 e. The summed E-state index contributed by atoms with van der Waals surface area (Å²) in [7, 11) is 1.61. The van der Waals surface area contributed by atoms with Gasteiger partial charge in [-0.25, -0.2) is 0 Å². The molecule has 2 heterocycles. The van der Waals surface area contributed by atoms with Crippen LogP contribution in [0.15, 0.2) is 138 Å². The number of amides is 2. The van der Waals surface area contributed by atoms with Crippen molar-refractivity contribution >= 4 is 70.5 Å². The van der Waals surface area contributed by atoms with Crippen LogP contribution in [0.25, 0.3) is 32.9 Å². The molecule has 0 saturated carbocycles. The smallest absolute Gasteiger partial charge is 0.488 e. The van der Waals surface area contributed by atoms with Crippen LogP contribution in [-0.4, -0.2) is 94.9 Å². The number of benzene rings is 6. The fraction of sp³-hybridized carbons (Fsp3) is 0.200. The van der Waals surface area contributed by atoms with Gasteiger partial charge in [-0.1, -0.05) is 72.8 Å². The lowest BCUT2D eigenvalue weighted by molar-refractivity contribution is -0.138. The Kier molecular flexibility index (Phi) is 18.7. The van der Waals surface area contributed by atoms with Gasteiger partial charge in [0.15, 0.2) is 0 Å². The molecular formula is C50H46B2BrF6N6O6. The van der Waals surface area contributed by atoms with Crippen LogP contribution < -0.4 is 14.9 Å². The van der Waals surface area contributed by atoms with Gasteiger partial charge in [-0.15, -0.1) is 0 Å². The molecule has 0 fully saturated rings. The predicted octanol–water partition coefficient (Wildman–Crippen LogP) is 9.92. The summed E-state index contributed by atoms with van der Waals surface area (Å²) in [6.45, 7) is 5.41. The maximum absolute atomic E-state index is 13.2. The van der Waals surface area contributed by atoms with E-state index in [1.165, 1.54) is 12.1 Å². The molecule has 8 rings (SSSR count). The molecule has 12 nitrogen and oxygen atoms in total. The van der Waals surface area contributed by atoms with E-state index < -0.39 is 30.6 Å². The van der Waals surface area contributed by atoms with Gasteiger partial charge in [0.25, 0.3) is 11.8 Å². The highest BCUT2D eigenvalue weighted by Gasteiger charge is 2.32. The van der Waals surface area contributed by atoms with Crippen LogP contribution in [0, 0.1) is 0 Å². The SMILES string of the molecule is CCOc1cc(C(=O)N(C)Cc2cccc3cn[nH]c23)ccc1-c1cccc(C(F)(F)F)c1.CCOc1cc(C(=O)N(C)Cc2cccc3cn[nH]c23)ccc1Br.OB(O)c1cccc(C(F)(F)F)c1.[B]. The van der Waals surface area contributed by atoms with Gasteiger partial charge in [-0.05, 0) is 100 Å². The third-order valence-electron chi connectivity index (χ3n) is 10.7. The number of nitrogens with one attached hydrogen (secondary N) is 2. The lowest BCUT2D eigenvalue weighted by atomic mass is 9.79. The van der Waals surface area contributed by atoms with Gasteiger partial charge in [0.1, 0.15) is 11.5 Å². The van der Waals surface area contributed by atoms with Crippen LogP contribution in [-0.2, 0) is 25.4 Å². The summed E-state index contributed by atoms with van der Waals surface area (Å²) in [5.41, 5.74) is 3.82. The average Bonchev–Trinajstić information content (AvgIpc) is 4.04. The number of H-pyrrole nitrogens is 2. The van der Waals surface area contributed by atoms with Crippen molar-refractivity contribution in [1.29, 1.82) is 0 Å². The normalized spacial score (nSPS) is 11.1. The molecule has 0 spiro atoms. The van der Waals surface area contributed by atoms with E-state index in [1.54, 1.807) is 79.6 Å². The van der Waals surface area contributed by atoms with Crippen molar-refractivity contribution in [2.24, 2.45) is 0 Å². The van der Waals surface area contributed by atoms with Crippen LogP contribution in [0.3, 0.4) is 0 Å². The third kappa shape index (κ3) is 14.0. The number of hydrogen-bond donors (Lipinski definition) is 4. The Morgan fingerprint density at radius 3 is 1.61 bits per heavy atom. The number of nitrogens with zero attached hydrogens (tertiary/aromatic N) is 4. The summed E-state index contributed by atoms with van der Waals surface area (Å²) in [6, 6.07) is 30.9. The van der Waals surface area contributed by atoms with Gasteiger partial charge < -0.3 is 29.3 Å². The Morgan fingerprint density at radius 1 is 0.634 bits per heavy atom. The first kappa shape index (κ1) is 54.8. The van der Waals surface area contributed by atoms with Crippen LogP contribution in [0.5, 0.6) is 11.5 Å². The molecule has 0 saturated heterocycles. The number of rotatable bonds is 12. The molecular weight excluding hydrogens is 996 g/mol. The minimum atomic E-state index is -4.45. The zero-order valence-corrected chi connectivity index (χ0v) is 40.2. The monoisotopic (exact) mass is 1040 g/mol. The standard InChI is InChI=1S/C25H22F3N3O2.C18H18BrN3O2.C7H6BF3O2.B/c1-3-33-22-13-17(10-11-21(22)16-6-5-9-20(12-16)25(26,27)28)24(32)31(2)15-19-8-4-7-18-14-29-30-23(18)19;1-3-24-16-9-12(7-8-15(16)19)18(23)22(2)11-14-6-4-5-13-10-20-21-17(13)14;9-7(10,11)5-2-1-3-6(4-5)8(12)13;/h4-14H,3,15H2,1-2H3,(H,29,30);4-10H,3,11H2,1-2H3,(H,20,21);1-4,12-13H;. The molecule has 0 atom stereocenters. The molecule has 0 aliphatic heterocycles. The molecule has 71 heavy (non-hydrogen) atoms. The summed E-state index contributed by atoms with van der Waals surface area (Å²) in [5.74, 6) is 0.738. The van der Waals surface area contributed by atoms with Crippen molar-refractivity contribution in [3.8, 4) is 22.6 Å². The van der Waals surface area contributed by atoms with Gasteiger partial charge in [-0.2, -0.15) is 36.5 Å². The van der Waals surface area contributed by atoms with Crippen molar-refractivity contribution in [3.63, 3.8) is 0 Å². The predicted molar refractivity (Wildman–Crippen MR) is 264 cm³/mol. The van der Waals surface area contributed by atoms with E-state index in [0.29, 0.717) is 66.1 Å². The van der Waals surface area contributed by atoms with Gasteiger partial charge in [-0.3, -0.25) is 19.8 Å². The number of fused-ring (bicyclic) bond motifs is 2. The molecule has 8 aromatic rings. The highest BCUT2D eigenvalue weighted by molar-refractivity contribution is 9.10. The van der Waals surface area contributed by atoms with E-state index in [2.05, 4.69) is 36.3 Å². The van der Waals surface area contributed by atoms with E-state index in [0.717, 1.165) is 61.7 Å². The molecule has 0 aliphatic rings. The second-order valence-corrected chi connectivity index (χ2v) is 16.5. The molecule has 0 bridgehead atoms. The minimum absolute atomic E-state index is 0. The minimum Gasteiger partial charge on any atom is -0.493 e. The second kappa shape index (κ2) is 24.2. The van der Waals surface area contributed by atoms with Gasteiger partial charge in [0.2, 0.25) is 0 Å². The van der Waals surface area contributed by atoms with E-state index in [4.69, 9.17) is 19.5 Å². The molecule has 6 aromatic carbocycles. The van der Waals surface area contributed by atoms with Crippen LogP contribution in [0.4, 0.5) is 26.3 Å². The van der Waals surface area contributed by atoms with Crippen LogP contribution >= 0.6 is 15.9 Å². The Hall–Kier alpha value is -7.09. The van der Waals surface area contributed by atoms with E-state index in [1.807, 2.05) is 49.4 Å². The summed E-state index contributed by atoms with van der Waals surface area (Å²) in [5, 5.41) is 33.3. The summed E-state index contributed by atoms with van der Waals surface area (Å²) < 4.78 is 87.7. The number of para-hydroxylation sites is 2. The van der Waals surface area contributed by atoms with E-state index in [-0.39, 0.29) is 25.7 Å². The topological polar surface area (TPSA) is 157 Å². The zero-order valence-electron chi connectivity index (χ0n) is 38.6. The highest BCUT2D eigenvalue weighted by atomic mass is 79.9. The number of alkyl halides is 6. The number of carbonyl (C=O) groups excluding carboxylic acids is 2. The van der Waals surface area contributed by atoms with Crippen molar-refractivity contribution in [2.45, 2.75) is 39.3 Å². The lowest BCUT2D eigenvalue weighted by Gasteiger charge is -2.19. The average molecular weight is 1040 g/mol. The van der Waals surface area contributed by atoms with Gasteiger partial charge in [0.05, 0.1) is 52.2 Å². The highest BCUT2D eigenvalue weighted by Crippen LogP contribution is 2.36. The van der Waals surface area contributed by atoms with Gasteiger partial charge >= 0.3 is 19.5 Å². The summed E-state index contributed by atoms with van der Waals surface area (Å²) in [6.07, 6.45) is -5.39. The van der Waals surface area contributed by atoms with Crippen LogP contribution in [0.1, 0.15) is 56.8 Å². The fourth-order valence-corrected chi connectivity index (χ4v) is 7.59. The number of aromatic nitrogens is 4. The molecule has 2 amide bonds. The second-order valence-electron chi connectivity index (χ2n) is 15.6. The lowest BCUT2D eigenvalue weighted by Crippen LogP contribution is -2.30. The maximum atomic E-state index is 13.2. The molecule has 0 unspecified atom stereocenters. The Balaban J connectivity index is 0.000000216. The van der Waals surface area contributed by atoms with Crippen molar-refractivity contribution in [3.05, 3.63) is 172 Å². The van der Waals surface area contributed by atoms with Gasteiger partial charge in [0, 0.05) is 63.1 Å². The molecule has 4 N–H and O–H groups in total. The number of ether oxygens (including phenoxy) is 2. The van der Waals surface area contributed by atoms with E-state index in [9.17, 15) is 35.9 Å². The largest absolute Gasteiger partial charge is 0.493 e.